The largest absolute Gasteiger partial charge is 0.392 e. The van der Waals surface area contributed by atoms with Crippen LogP contribution in [0.2, 0.25) is 0 Å². The van der Waals surface area contributed by atoms with Crippen LogP contribution in [0, 0.1) is 0 Å². The van der Waals surface area contributed by atoms with Gasteiger partial charge in [-0.15, -0.1) is 0 Å². The van der Waals surface area contributed by atoms with Crippen LogP contribution in [0.25, 0.3) is 11.1 Å². The van der Waals surface area contributed by atoms with Gasteiger partial charge in [-0.1, -0.05) is 30.3 Å². The first-order chi connectivity index (χ1) is 9.86. The van der Waals surface area contributed by atoms with E-state index in [-0.39, 0.29) is 12.7 Å². The van der Waals surface area contributed by atoms with Crippen LogP contribution in [0.5, 0.6) is 0 Å². The fraction of sp³-hybridized carbons (Fsp3) is 0.312. The van der Waals surface area contributed by atoms with Gasteiger partial charge in [0.1, 0.15) is 6.10 Å². The summed E-state index contributed by atoms with van der Waals surface area (Å²) in [6.45, 7) is 2.53. The molecule has 0 aliphatic carbocycles. The van der Waals surface area contributed by atoms with E-state index in [0.29, 0.717) is 0 Å². The van der Waals surface area contributed by atoms with Crippen molar-refractivity contribution >= 4 is 0 Å². The van der Waals surface area contributed by atoms with Crippen molar-refractivity contribution in [3.63, 3.8) is 0 Å². The van der Waals surface area contributed by atoms with Crippen LogP contribution in [0.3, 0.4) is 0 Å². The second-order valence-electron chi connectivity index (χ2n) is 4.89. The summed E-state index contributed by atoms with van der Waals surface area (Å²) >= 11 is 0. The van der Waals surface area contributed by atoms with Crippen molar-refractivity contribution in [1.29, 1.82) is 0 Å². The van der Waals surface area contributed by atoms with Gasteiger partial charge in [0, 0.05) is 24.8 Å². The minimum absolute atomic E-state index is 0.0505. The lowest BCUT2D eigenvalue weighted by Gasteiger charge is -2.23. The quantitative estimate of drug-likeness (QED) is 0.894. The number of rotatable bonds is 3. The maximum absolute atomic E-state index is 9.05. The van der Waals surface area contributed by atoms with E-state index in [1.54, 1.807) is 0 Å². The van der Waals surface area contributed by atoms with Crippen molar-refractivity contribution in [3.05, 3.63) is 53.9 Å². The highest BCUT2D eigenvalue weighted by molar-refractivity contribution is 5.62. The first-order valence-electron chi connectivity index (χ1n) is 6.85. The van der Waals surface area contributed by atoms with E-state index in [1.807, 2.05) is 36.5 Å². The maximum atomic E-state index is 9.05. The van der Waals surface area contributed by atoms with Crippen LogP contribution in [0.4, 0.5) is 0 Å². The normalized spacial score (nSPS) is 18.9. The third kappa shape index (κ3) is 2.88. The minimum Gasteiger partial charge on any atom is -0.392 e. The van der Waals surface area contributed by atoms with Crippen LogP contribution in [-0.4, -0.2) is 29.8 Å². The van der Waals surface area contributed by atoms with E-state index in [4.69, 9.17) is 9.84 Å². The topological polar surface area (TPSA) is 54.4 Å². The Morgan fingerprint density at radius 1 is 1.15 bits per heavy atom. The Labute approximate surface area is 118 Å². The van der Waals surface area contributed by atoms with Gasteiger partial charge in [-0.2, -0.15) is 0 Å². The summed E-state index contributed by atoms with van der Waals surface area (Å²) in [6.07, 6.45) is 1.93. The van der Waals surface area contributed by atoms with Gasteiger partial charge in [-0.25, -0.2) is 0 Å². The molecular formula is C16H18N2O2. The molecule has 1 aromatic carbocycles. The van der Waals surface area contributed by atoms with Crippen LogP contribution < -0.4 is 5.32 Å². The standard InChI is InChI=1S/C16H18N2O2/c19-11-12-1-3-13(4-2-12)14-5-6-15(18-9-14)16-10-17-7-8-20-16/h1-6,9,16-17,19H,7-8,10-11H2. The molecule has 1 unspecified atom stereocenters. The molecule has 0 amide bonds. The second kappa shape index (κ2) is 6.13. The van der Waals surface area contributed by atoms with Crippen LogP contribution in [0.15, 0.2) is 42.6 Å². The summed E-state index contributed by atoms with van der Waals surface area (Å²) in [6, 6.07) is 11.9. The predicted octanol–water partition coefficient (Wildman–Crippen LogP) is 1.90. The molecule has 4 nitrogen and oxygen atoms in total. The first-order valence-corrected chi connectivity index (χ1v) is 6.85. The molecule has 1 aliphatic rings. The zero-order chi connectivity index (χ0) is 13.8. The molecule has 1 fully saturated rings. The molecule has 2 aromatic rings. The van der Waals surface area contributed by atoms with Crippen molar-refractivity contribution < 1.29 is 9.84 Å². The van der Waals surface area contributed by atoms with Gasteiger partial charge in [0.05, 0.1) is 18.9 Å². The van der Waals surface area contributed by atoms with E-state index in [1.165, 1.54) is 0 Å². The number of aromatic nitrogens is 1. The molecule has 0 bridgehead atoms. The van der Waals surface area contributed by atoms with Crippen molar-refractivity contribution in [2.24, 2.45) is 0 Å². The molecule has 104 valence electrons. The summed E-state index contributed by atoms with van der Waals surface area (Å²) in [7, 11) is 0. The Morgan fingerprint density at radius 2 is 1.95 bits per heavy atom. The van der Waals surface area contributed by atoms with Gasteiger partial charge in [0.2, 0.25) is 0 Å². The number of hydrogen-bond donors (Lipinski definition) is 2. The molecule has 3 rings (SSSR count). The molecule has 1 aromatic heterocycles. The molecule has 1 aliphatic heterocycles. The van der Waals surface area contributed by atoms with Crippen molar-refractivity contribution in [3.8, 4) is 11.1 Å². The summed E-state index contributed by atoms with van der Waals surface area (Å²) in [5.41, 5.74) is 4.05. The average molecular weight is 270 g/mol. The van der Waals surface area contributed by atoms with Gasteiger partial charge in [-0.3, -0.25) is 4.98 Å². The number of nitrogens with one attached hydrogen (secondary N) is 1. The van der Waals surface area contributed by atoms with E-state index in [0.717, 1.165) is 42.1 Å². The Hall–Kier alpha value is -1.75. The lowest BCUT2D eigenvalue weighted by Crippen LogP contribution is -2.33. The Bertz CT molecular complexity index is 546. The van der Waals surface area contributed by atoms with Gasteiger partial charge < -0.3 is 15.2 Å². The third-order valence-electron chi connectivity index (χ3n) is 3.51. The molecule has 2 heterocycles. The summed E-state index contributed by atoms with van der Waals surface area (Å²) < 4.78 is 5.69. The number of morpholine rings is 1. The molecule has 1 atom stereocenters. The zero-order valence-electron chi connectivity index (χ0n) is 11.2. The summed E-state index contributed by atoms with van der Waals surface area (Å²) in [5, 5.41) is 12.4. The fourth-order valence-corrected chi connectivity index (χ4v) is 2.32. The summed E-state index contributed by atoms with van der Waals surface area (Å²) in [4.78, 5) is 4.51. The average Bonchev–Trinajstić information content (AvgIpc) is 2.56. The molecule has 20 heavy (non-hydrogen) atoms. The Balaban J connectivity index is 1.77. The Kier molecular flexibility index (Phi) is 4.06. The third-order valence-corrected chi connectivity index (χ3v) is 3.51. The van der Waals surface area contributed by atoms with E-state index >= 15 is 0 Å². The van der Waals surface area contributed by atoms with Crippen LogP contribution in [0.1, 0.15) is 17.4 Å². The lowest BCUT2D eigenvalue weighted by molar-refractivity contribution is 0.0250. The monoisotopic (exact) mass is 270 g/mol. The first kappa shape index (κ1) is 13.2. The highest BCUT2D eigenvalue weighted by Crippen LogP contribution is 2.22. The van der Waals surface area contributed by atoms with E-state index in [2.05, 4.69) is 16.4 Å². The predicted molar refractivity (Wildman–Crippen MR) is 77.2 cm³/mol. The van der Waals surface area contributed by atoms with Crippen LogP contribution in [-0.2, 0) is 11.3 Å². The minimum atomic E-state index is 0.0505. The molecule has 1 saturated heterocycles. The molecule has 2 N–H and O–H groups in total. The molecular weight excluding hydrogens is 252 g/mol. The number of aliphatic hydroxyl groups excluding tert-OH is 1. The van der Waals surface area contributed by atoms with Crippen molar-refractivity contribution in [2.75, 3.05) is 19.7 Å². The molecule has 4 heteroatoms. The SMILES string of the molecule is OCc1ccc(-c2ccc(C3CNCCO3)nc2)cc1. The molecule has 0 spiro atoms. The van der Waals surface area contributed by atoms with Crippen molar-refractivity contribution in [1.82, 2.24) is 10.3 Å². The smallest absolute Gasteiger partial charge is 0.112 e. The lowest BCUT2D eigenvalue weighted by atomic mass is 10.0. The van der Waals surface area contributed by atoms with E-state index in [9.17, 15) is 0 Å². The number of ether oxygens (including phenoxy) is 1. The van der Waals surface area contributed by atoms with Gasteiger partial charge in [0.15, 0.2) is 0 Å². The van der Waals surface area contributed by atoms with Crippen LogP contribution >= 0.6 is 0 Å². The Morgan fingerprint density at radius 3 is 2.55 bits per heavy atom. The highest BCUT2D eigenvalue weighted by Gasteiger charge is 2.16. The fourth-order valence-electron chi connectivity index (χ4n) is 2.32. The van der Waals surface area contributed by atoms with Gasteiger partial charge >= 0.3 is 0 Å². The number of aliphatic hydroxyl groups is 1. The molecule has 0 saturated carbocycles. The second-order valence-corrected chi connectivity index (χ2v) is 4.89. The number of hydrogen-bond acceptors (Lipinski definition) is 4. The van der Waals surface area contributed by atoms with Gasteiger partial charge in [0.25, 0.3) is 0 Å². The zero-order valence-corrected chi connectivity index (χ0v) is 11.2. The van der Waals surface area contributed by atoms with Gasteiger partial charge in [-0.05, 0) is 17.2 Å². The number of nitrogens with zero attached hydrogens (tertiary/aromatic N) is 1. The summed E-state index contributed by atoms with van der Waals surface area (Å²) in [5.74, 6) is 0. The number of benzene rings is 1. The van der Waals surface area contributed by atoms with Crippen molar-refractivity contribution in [2.45, 2.75) is 12.7 Å². The van der Waals surface area contributed by atoms with E-state index < -0.39 is 0 Å². The number of pyridine rings is 1. The highest BCUT2D eigenvalue weighted by atomic mass is 16.5. The maximum Gasteiger partial charge on any atom is 0.112 e. The molecule has 0 radical (unpaired) electrons.